The van der Waals surface area contributed by atoms with E-state index in [-0.39, 0.29) is 0 Å². The van der Waals surface area contributed by atoms with Crippen LogP contribution in [-0.2, 0) is 0 Å². The number of rotatable bonds is 7. The lowest BCUT2D eigenvalue weighted by Gasteiger charge is -2.04. The molecule has 0 aromatic rings. The highest BCUT2D eigenvalue weighted by Gasteiger charge is 1.95. The van der Waals surface area contributed by atoms with Crippen LogP contribution in [0, 0.1) is 5.92 Å². The maximum Gasteiger partial charge on any atom is 0.0112 e. The zero-order valence-electron chi connectivity index (χ0n) is 11.7. The van der Waals surface area contributed by atoms with Gasteiger partial charge in [-0.15, -0.1) is 0 Å². The second kappa shape index (κ2) is 10.1. The lowest BCUT2D eigenvalue weighted by atomic mass is 10.0. The molecule has 0 saturated heterocycles. The molecule has 0 heterocycles. The summed E-state index contributed by atoms with van der Waals surface area (Å²) in [4.78, 5) is 0. The van der Waals surface area contributed by atoms with Gasteiger partial charge in [0.2, 0.25) is 0 Å². The molecule has 0 radical (unpaired) electrons. The Morgan fingerprint density at radius 2 is 1.71 bits per heavy atom. The van der Waals surface area contributed by atoms with Gasteiger partial charge in [-0.3, -0.25) is 0 Å². The van der Waals surface area contributed by atoms with Crippen molar-refractivity contribution in [3.05, 3.63) is 47.6 Å². The van der Waals surface area contributed by atoms with Crippen molar-refractivity contribution >= 4 is 0 Å². The minimum absolute atomic E-state index is 0.605. The fraction of sp³-hybridized carbons (Fsp3) is 0.500. The molecule has 0 saturated carbocycles. The van der Waals surface area contributed by atoms with Crippen LogP contribution in [0.5, 0.6) is 0 Å². The first-order valence-electron chi connectivity index (χ1n) is 6.54. The summed E-state index contributed by atoms with van der Waals surface area (Å²) in [7, 11) is 0. The van der Waals surface area contributed by atoms with E-state index in [1.54, 1.807) is 0 Å². The van der Waals surface area contributed by atoms with E-state index in [2.05, 4.69) is 58.1 Å². The molecule has 17 heavy (non-hydrogen) atoms. The SMILES string of the molecule is CCC(/C=C/C(C)=C/C=C/C(C)=C/CN)CC. The molecule has 0 rings (SSSR count). The van der Waals surface area contributed by atoms with Crippen LogP contribution in [-0.4, -0.2) is 6.54 Å². The molecule has 0 aromatic heterocycles. The van der Waals surface area contributed by atoms with E-state index in [1.807, 2.05) is 6.08 Å². The van der Waals surface area contributed by atoms with E-state index in [4.69, 9.17) is 5.73 Å². The molecule has 0 aliphatic heterocycles. The van der Waals surface area contributed by atoms with Crippen LogP contribution in [0.3, 0.4) is 0 Å². The van der Waals surface area contributed by atoms with Gasteiger partial charge in [-0.25, -0.2) is 0 Å². The standard InChI is InChI=1S/C16H27N/c1-5-16(6-2)11-10-14(3)8-7-9-15(4)12-13-17/h7-12,16H,5-6,13,17H2,1-4H3/b9-7+,11-10+,14-8+,15-12+. The van der Waals surface area contributed by atoms with Crippen molar-refractivity contribution in [2.45, 2.75) is 40.5 Å². The molecule has 0 atom stereocenters. The van der Waals surface area contributed by atoms with Crippen LogP contribution in [0.1, 0.15) is 40.5 Å². The van der Waals surface area contributed by atoms with Crippen LogP contribution in [0.4, 0.5) is 0 Å². The predicted molar refractivity (Wildman–Crippen MR) is 78.9 cm³/mol. The summed E-state index contributed by atoms with van der Waals surface area (Å²) < 4.78 is 0. The molecule has 0 aliphatic rings. The maximum atomic E-state index is 5.44. The van der Waals surface area contributed by atoms with Gasteiger partial charge in [0, 0.05) is 6.54 Å². The van der Waals surface area contributed by atoms with Gasteiger partial charge in [-0.2, -0.15) is 0 Å². The zero-order valence-corrected chi connectivity index (χ0v) is 11.7. The molecule has 0 aromatic carbocycles. The van der Waals surface area contributed by atoms with Gasteiger partial charge in [0.1, 0.15) is 0 Å². The van der Waals surface area contributed by atoms with Gasteiger partial charge in [0.15, 0.2) is 0 Å². The average molecular weight is 233 g/mol. The van der Waals surface area contributed by atoms with Gasteiger partial charge in [-0.05, 0) is 32.6 Å². The second-order valence-electron chi connectivity index (χ2n) is 4.39. The van der Waals surface area contributed by atoms with Crippen molar-refractivity contribution in [2.24, 2.45) is 11.7 Å². The number of nitrogens with two attached hydrogens (primary N) is 1. The molecular formula is C16H27N. The van der Waals surface area contributed by atoms with E-state index in [0.29, 0.717) is 12.5 Å². The smallest absolute Gasteiger partial charge is 0.0112 e. The monoisotopic (exact) mass is 233 g/mol. The highest BCUT2D eigenvalue weighted by molar-refractivity contribution is 5.26. The Balaban J connectivity index is 4.31. The first kappa shape index (κ1) is 15.9. The number of hydrogen-bond acceptors (Lipinski definition) is 1. The van der Waals surface area contributed by atoms with Crippen molar-refractivity contribution in [1.82, 2.24) is 0 Å². The minimum atomic E-state index is 0.605. The largest absolute Gasteiger partial charge is 0.327 e. The van der Waals surface area contributed by atoms with Gasteiger partial charge in [0.05, 0.1) is 0 Å². The summed E-state index contributed by atoms with van der Waals surface area (Å²) in [6.07, 6.45) is 15.3. The van der Waals surface area contributed by atoms with Crippen molar-refractivity contribution in [3.63, 3.8) is 0 Å². The molecular weight excluding hydrogens is 206 g/mol. The lowest BCUT2D eigenvalue weighted by molar-refractivity contribution is 0.606. The fourth-order valence-electron chi connectivity index (χ4n) is 1.51. The molecule has 0 aliphatic carbocycles. The lowest BCUT2D eigenvalue weighted by Crippen LogP contribution is -1.93. The molecule has 0 fully saturated rings. The summed E-state index contributed by atoms with van der Waals surface area (Å²) in [5, 5.41) is 0. The number of allylic oxidation sites excluding steroid dienone is 7. The first-order valence-corrected chi connectivity index (χ1v) is 6.54. The summed E-state index contributed by atoms with van der Waals surface area (Å²) in [6.45, 7) is 9.27. The first-order chi connectivity index (χ1) is 8.13. The summed E-state index contributed by atoms with van der Waals surface area (Å²) in [6, 6.07) is 0. The highest BCUT2D eigenvalue weighted by atomic mass is 14.5. The van der Waals surface area contributed by atoms with Gasteiger partial charge >= 0.3 is 0 Å². The molecule has 2 N–H and O–H groups in total. The minimum Gasteiger partial charge on any atom is -0.327 e. The van der Waals surface area contributed by atoms with Crippen LogP contribution in [0.25, 0.3) is 0 Å². The van der Waals surface area contributed by atoms with E-state index in [9.17, 15) is 0 Å². The van der Waals surface area contributed by atoms with E-state index in [1.165, 1.54) is 24.0 Å². The Morgan fingerprint density at radius 3 is 2.24 bits per heavy atom. The molecule has 1 heteroatoms. The van der Waals surface area contributed by atoms with Gasteiger partial charge in [0.25, 0.3) is 0 Å². The summed E-state index contributed by atoms with van der Waals surface area (Å²) in [5.41, 5.74) is 7.93. The molecule has 0 unspecified atom stereocenters. The summed E-state index contributed by atoms with van der Waals surface area (Å²) >= 11 is 0. The Kier molecular flexibility index (Phi) is 9.46. The van der Waals surface area contributed by atoms with Gasteiger partial charge < -0.3 is 5.73 Å². The molecule has 0 spiro atoms. The van der Waals surface area contributed by atoms with E-state index < -0.39 is 0 Å². The van der Waals surface area contributed by atoms with Crippen molar-refractivity contribution in [1.29, 1.82) is 0 Å². The average Bonchev–Trinajstić information content (AvgIpc) is 2.30. The quantitative estimate of drug-likeness (QED) is 0.649. The van der Waals surface area contributed by atoms with Crippen molar-refractivity contribution in [2.75, 3.05) is 6.54 Å². The Hall–Kier alpha value is -1.08. The Bertz CT molecular complexity index is 301. The molecule has 0 bridgehead atoms. The highest BCUT2D eigenvalue weighted by Crippen LogP contribution is 2.10. The number of hydrogen-bond donors (Lipinski definition) is 1. The van der Waals surface area contributed by atoms with Crippen LogP contribution in [0.15, 0.2) is 47.6 Å². The Morgan fingerprint density at radius 1 is 1.06 bits per heavy atom. The van der Waals surface area contributed by atoms with Crippen LogP contribution < -0.4 is 5.73 Å². The topological polar surface area (TPSA) is 26.0 Å². The van der Waals surface area contributed by atoms with Crippen LogP contribution >= 0.6 is 0 Å². The summed E-state index contributed by atoms with van der Waals surface area (Å²) in [5.74, 6) is 0.709. The Labute approximate surface area is 107 Å². The molecule has 96 valence electrons. The third kappa shape index (κ3) is 8.70. The molecule has 1 nitrogen and oxygen atoms in total. The molecule has 0 amide bonds. The van der Waals surface area contributed by atoms with Crippen molar-refractivity contribution < 1.29 is 0 Å². The maximum absolute atomic E-state index is 5.44. The van der Waals surface area contributed by atoms with Crippen molar-refractivity contribution in [3.8, 4) is 0 Å². The normalized spacial score (nSPS) is 14.5. The fourth-order valence-corrected chi connectivity index (χ4v) is 1.51. The predicted octanol–water partition coefficient (Wildman–Crippen LogP) is 4.39. The third-order valence-corrected chi connectivity index (χ3v) is 2.84. The third-order valence-electron chi connectivity index (χ3n) is 2.84. The van der Waals surface area contributed by atoms with Crippen LogP contribution in [0.2, 0.25) is 0 Å². The second-order valence-corrected chi connectivity index (χ2v) is 4.39. The van der Waals surface area contributed by atoms with E-state index >= 15 is 0 Å². The van der Waals surface area contributed by atoms with Gasteiger partial charge in [-0.1, -0.05) is 61.4 Å². The van der Waals surface area contributed by atoms with E-state index in [0.717, 1.165) is 0 Å². The zero-order chi connectivity index (χ0) is 13.1.